The summed E-state index contributed by atoms with van der Waals surface area (Å²) in [4.78, 5) is 15.5. The maximum absolute atomic E-state index is 11.6. The van der Waals surface area contributed by atoms with Crippen molar-refractivity contribution in [2.45, 2.75) is 11.7 Å². The molecule has 2 heterocycles. The summed E-state index contributed by atoms with van der Waals surface area (Å²) in [6.45, 7) is -0.0437. The van der Waals surface area contributed by atoms with E-state index in [4.69, 9.17) is 9.84 Å². The Morgan fingerprint density at radius 2 is 2.62 bits per heavy atom. The molecule has 6 nitrogen and oxygen atoms in total. The zero-order chi connectivity index (χ0) is 11.5. The van der Waals surface area contributed by atoms with Crippen LogP contribution in [0, 0.1) is 0 Å². The standard InChI is InChI=1S/C9H13N3O3S/c1-10-6-2-3-12(9(14)11-6)7-5-16-8(4-13)15-7/h2-3,7-8,13H,4-5H2,1H3,(H,10,11,14)/t7-,8-/m1/s1. The number of aliphatic hydroxyl groups is 1. The molecule has 2 atom stereocenters. The predicted molar refractivity (Wildman–Crippen MR) is 61.5 cm³/mol. The van der Waals surface area contributed by atoms with Gasteiger partial charge in [0.2, 0.25) is 0 Å². The lowest BCUT2D eigenvalue weighted by Gasteiger charge is -2.13. The number of nitrogens with zero attached hydrogens (tertiary/aromatic N) is 2. The van der Waals surface area contributed by atoms with Crippen molar-refractivity contribution in [3.63, 3.8) is 0 Å². The molecule has 7 heteroatoms. The largest absolute Gasteiger partial charge is 0.393 e. The van der Waals surface area contributed by atoms with Crippen molar-refractivity contribution in [3.8, 4) is 0 Å². The van der Waals surface area contributed by atoms with Crippen LogP contribution in [0.25, 0.3) is 0 Å². The van der Waals surface area contributed by atoms with Gasteiger partial charge in [-0.3, -0.25) is 4.57 Å². The van der Waals surface area contributed by atoms with E-state index in [1.165, 1.54) is 16.3 Å². The Hall–Kier alpha value is -1.05. The van der Waals surface area contributed by atoms with Crippen molar-refractivity contribution in [1.29, 1.82) is 0 Å². The van der Waals surface area contributed by atoms with Crippen molar-refractivity contribution in [1.82, 2.24) is 9.55 Å². The molecule has 1 aliphatic rings. The van der Waals surface area contributed by atoms with Crippen molar-refractivity contribution < 1.29 is 9.84 Å². The van der Waals surface area contributed by atoms with Crippen LogP contribution in [0.4, 0.5) is 5.82 Å². The molecular weight excluding hydrogens is 230 g/mol. The topological polar surface area (TPSA) is 76.4 Å². The molecule has 88 valence electrons. The van der Waals surface area contributed by atoms with Crippen LogP contribution in [0.5, 0.6) is 0 Å². The van der Waals surface area contributed by atoms with Gasteiger partial charge >= 0.3 is 5.69 Å². The molecule has 1 fully saturated rings. The Labute approximate surface area is 96.6 Å². The Bertz CT molecular complexity index is 423. The fourth-order valence-corrected chi connectivity index (χ4v) is 2.39. The van der Waals surface area contributed by atoms with Crippen molar-refractivity contribution >= 4 is 17.6 Å². The second-order valence-electron chi connectivity index (χ2n) is 3.29. The van der Waals surface area contributed by atoms with Gasteiger partial charge in [0.25, 0.3) is 0 Å². The highest BCUT2D eigenvalue weighted by Gasteiger charge is 2.27. The summed E-state index contributed by atoms with van der Waals surface area (Å²) in [6, 6.07) is 1.71. The molecule has 0 bridgehead atoms. The van der Waals surface area contributed by atoms with Gasteiger partial charge in [0.1, 0.15) is 17.5 Å². The van der Waals surface area contributed by atoms with E-state index in [-0.39, 0.29) is 24.0 Å². The molecule has 0 spiro atoms. The highest BCUT2D eigenvalue weighted by atomic mass is 32.2. The summed E-state index contributed by atoms with van der Waals surface area (Å²) >= 11 is 1.49. The molecule has 1 aromatic heterocycles. The quantitative estimate of drug-likeness (QED) is 0.770. The fraction of sp³-hybridized carbons (Fsp3) is 0.556. The number of nitrogens with one attached hydrogen (secondary N) is 1. The number of hydrogen-bond donors (Lipinski definition) is 2. The summed E-state index contributed by atoms with van der Waals surface area (Å²) < 4.78 is 6.90. The van der Waals surface area contributed by atoms with E-state index in [9.17, 15) is 4.79 Å². The molecule has 1 aromatic rings. The third kappa shape index (κ3) is 2.21. The Balaban J connectivity index is 2.19. The Morgan fingerprint density at radius 1 is 1.81 bits per heavy atom. The predicted octanol–water partition coefficient (Wildman–Crippen LogP) is -0.135. The first-order valence-electron chi connectivity index (χ1n) is 4.89. The van der Waals surface area contributed by atoms with E-state index < -0.39 is 0 Å². The lowest BCUT2D eigenvalue weighted by atomic mass is 10.5. The lowest BCUT2D eigenvalue weighted by molar-refractivity contribution is -0.00629. The normalized spacial score (nSPS) is 24.6. The monoisotopic (exact) mass is 243 g/mol. The summed E-state index contributed by atoms with van der Waals surface area (Å²) in [5, 5.41) is 11.7. The zero-order valence-electron chi connectivity index (χ0n) is 8.79. The van der Waals surface area contributed by atoms with Crippen LogP contribution < -0.4 is 11.0 Å². The number of hydrogen-bond acceptors (Lipinski definition) is 6. The van der Waals surface area contributed by atoms with E-state index in [0.717, 1.165) is 0 Å². The number of rotatable bonds is 3. The second-order valence-corrected chi connectivity index (χ2v) is 4.48. The molecule has 2 N–H and O–H groups in total. The molecule has 0 aliphatic carbocycles. The molecular formula is C9H13N3O3S. The first-order chi connectivity index (χ1) is 7.74. The van der Waals surface area contributed by atoms with E-state index in [1.54, 1.807) is 19.3 Å². The number of anilines is 1. The fourth-order valence-electron chi connectivity index (χ4n) is 1.46. The molecule has 1 saturated heterocycles. The minimum Gasteiger partial charge on any atom is -0.393 e. The van der Waals surface area contributed by atoms with Gasteiger partial charge in [0.05, 0.1) is 6.61 Å². The van der Waals surface area contributed by atoms with Gasteiger partial charge in [-0.05, 0) is 6.07 Å². The highest BCUT2D eigenvalue weighted by molar-refractivity contribution is 8.00. The van der Waals surface area contributed by atoms with E-state index in [0.29, 0.717) is 11.6 Å². The maximum atomic E-state index is 11.6. The third-order valence-corrected chi connectivity index (χ3v) is 3.39. The van der Waals surface area contributed by atoms with Crippen LogP contribution in [0.2, 0.25) is 0 Å². The Morgan fingerprint density at radius 3 is 3.19 bits per heavy atom. The first-order valence-corrected chi connectivity index (χ1v) is 5.94. The first kappa shape index (κ1) is 11.4. The van der Waals surface area contributed by atoms with E-state index in [2.05, 4.69) is 10.3 Å². The average Bonchev–Trinajstić information content (AvgIpc) is 2.77. The van der Waals surface area contributed by atoms with Gasteiger partial charge < -0.3 is 15.2 Å². The van der Waals surface area contributed by atoms with Crippen LogP contribution in [0.15, 0.2) is 17.1 Å². The van der Waals surface area contributed by atoms with Gasteiger partial charge in [-0.1, -0.05) is 0 Å². The summed E-state index contributed by atoms with van der Waals surface area (Å²) in [5.74, 6) is 1.18. The number of aliphatic hydroxyl groups excluding tert-OH is 1. The van der Waals surface area contributed by atoms with Gasteiger partial charge in [-0.25, -0.2) is 4.79 Å². The van der Waals surface area contributed by atoms with Crippen LogP contribution in [-0.4, -0.2) is 39.5 Å². The van der Waals surface area contributed by atoms with Crippen LogP contribution in [0.1, 0.15) is 6.23 Å². The number of thioether (sulfide) groups is 1. The van der Waals surface area contributed by atoms with E-state index in [1.807, 2.05) is 0 Å². The molecule has 0 aromatic carbocycles. The lowest BCUT2D eigenvalue weighted by Crippen LogP contribution is -2.28. The molecule has 1 aliphatic heterocycles. The summed E-state index contributed by atoms with van der Waals surface area (Å²) in [5.41, 5.74) is -0.600. The van der Waals surface area contributed by atoms with Crippen molar-refractivity contribution in [3.05, 3.63) is 22.7 Å². The maximum Gasteiger partial charge on any atom is 0.351 e. The summed E-state index contributed by atoms with van der Waals surface area (Å²) in [7, 11) is 1.70. The van der Waals surface area contributed by atoms with Gasteiger partial charge in [0.15, 0.2) is 0 Å². The molecule has 0 unspecified atom stereocenters. The van der Waals surface area contributed by atoms with Crippen LogP contribution in [-0.2, 0) is 4.74 Å². The van der Waals surface area contributed by atoms with Crippen LogP contribution in [0.3, 0.4) is 0 Å². The minimum absolute atomic E-state index is 0.0437. The highest BCUT2D eigenvalue weighted by Crippen LogP contribution is 2.30. The summed E-state index contributed by atoms with van der Waals surface area (Å²) in [6.07, 6.45) is 1.31. The molecule has 16 heavy (non-hydrogen) atoms. The average molecular weight is 243 g/mol. The van der Waals surface area contributed by atoms with Gasteiger partial charge in [-0.2, -0.15) is 4.98 Å². The second kappa shape index (κ2) is 4.86. The Kier molecular flexibility index (Phi) is 3.47. The van der Waals surface area contributed by atoms with Crippen molar-refractivity contribution in [2.75, 3.05) is 24.7 Å². The van der Waals surface area contributed by atoms with Crippen molar-refractivity contribution in [2.24, 2.45) is 0 Å². The minimum atomic E-state index is -0.351. The molecule has 2 rings (SSSR count). The van der Waals surface area contributed by atoms with Crippen LogP contribution >= 0.6 is 11.8 Å². The molecule has 0 amide bonds. The number of aromatic nitrogens is 2. The zero-order valence-corrected chi connectivity index (χ0v) is 9.61. The number of ether oxygens (including phenoxy) is 1. The molecule has 0 saturated carbocycles. The molecule has 0 radical (unpaired) electrons. The smallest absolute Gasteiger partial charge is 0.351 e. The van der Waals surface area contributed by atoms with Gasteiger partial charge in [-0.15, -0.1) is 11.8 Å². The van der Waals surface area contributed by atoms with E-state index >= 15 is 0 Å². The third-order valence-electron chi connectivity index (χ3n) is 2.28. The van der Waals surface area contributed by atoms with Gasteiger partial charge in [0, 0.05) is 19.0 Å². The SMILES string of the molecule is CNc1ccn([C@H]2CS[C@H](CO)O2)c(=O)n1.